The first-order valence-electron chi connectivity index (χ1n) is 3.46. The predicted octanol–water partition coefficient (Wildman–Crippen LogP) is -0.148. The summed E-state index contributed by atoms with van der Waals surface area (Å²) >= 11 is 0. The van der Waals surface area contributed by atoms with Gasteiger partial charge < -0.3 is 5.32 Å². The summed E-state index contributed by atoms with van der Waals surface area (Å²) in [5.74, 6) is 0. The molecule has 10 heavy (non-hydrogen) atoms. The van der Waals surface area contributed by atoms with Crippen molar-refractivity contribution in [2.24, 2.45) is 0 Å². The molecule has 0 aromatic carbocycles. The van der Waals surface area contributed by atoms with Crippen molar-refractivity contribution in [1.82, 2.24) is 0 Å². The van der Waals surface area contributed by atoms with Crippen molar-refractivity contribution in [2.75, 3.05) is 6.54 Å². The topological polar surface area (TPSA) is 59.8 Å². The number of nitrogens with zero attached hydrogens (tertiary/aromatic N) is 1. The average molecular weight is 143 g/mol. The summed E-state index contributed by atoms with van der Waals surface area (Å²) in [6.45, 7) is 1.000. The molecule has 0 aromatic rings. The Kier molecular flexibility index (Phi) is 2.39. The summed E-state index contributed by atoms with van der Waals surface area (Å²) in [5, 5.41) is 11.9. The Hall–Kier alpha value is -0.900. The zero-order valence-electron chi connectivity index (χ0n) is 5.75. The van der Waals surface area contributed by atoms with Crippen LogP contribution in [-0.2, 0) is 0 Å². The van der Waals surface area contributed by atoms with E-state index in [1.54, 1.807) is 0 Å². The van der Waals surface area contributed by atoms with Gasteiger partial charge in [0.1, 0.15) is 0 Å². The van der Waals surface area contributed by atoms with Gasteiger partial charge in [-0.15, -0.1) is 0 Å². The SMILES string of the molecule is O=[N+]([O-])/C=C1/CCCC[NH2+]1. The van der Waals surface area contributed by atoms with E-state index in [1.807, 2.05) is 5.32 Å². The second-order valence-corrected chi connectivity index (χ2v) is 2.44. The number of allylic oxidation sites excluding steroid dienone is 1. The van der Waals surface area contributed by atoms with Gasteiger partial charge in [0.2, 0.25) is 0 Å². The molecule has 4 nitrogen and oxygen atoms in total. The zero-order chi connectivity index (χ0) is 7.40. The molecule has 0 saturated carbocycles. The average Bonchev–Trinajstić information content (AvgIpc) is 1.88. The molecule has 0 bridgehead atoms. The van der Waals surface area contributed by atoms with Gasteiger partial charge in [-0.1, -0.05) is 0 Å². The van der Waals surface area contributed by atoms with E-state index in [-0.39, 0.29) is 4.92 Å². The molecule has 1 heterocycles. The van der Waals surface area contributed by atoms with Crippen LogP contribution in [0.3, 0.4) is 0 Å². The van der Waals surface area contributed by atoms with Crippen LogP contribution >= 0.6 is 0 Å². The number of hydrogen-bond acceptors (Lipinski definition) is 2. The lowest BCUT2D eigenvalue weighted by molar-refractivity contribution is -0.622. The van der Waals surface area contributed by atoms with Crippen molar-refractivity contribution in [3.8, 4) is 0 Å². The molecule has 0 atom stereocenters. The van der Waals surface area contributed by atoms with E-state index >= 15 is 0 Å². The Morgan fingerprint density at radius 2 is 2.40 bits per heavy atom. The minimum atomic E-state index is -0.378. The van der Waals surface area contributed by atoms with Crippen LogP contribution in [0.25, 0.3) is 0 Å². The van der Waals surface area contributed by atoms with Crippen LogP contribution in [0.15, 0.2) is 11.9 Å². The molecule has 1 aliphatic heterocycles. The Bertz CT molecular complexity index is 157. The van der Waals surface area contributed by atoms with Crippen molar-refractivity contribution in [3.63, 3.8) is 0 Å². The first-order valence-corrected chi connectivity index (χ1v) is 3.46. The van der Waals surface area contributed by atoms with E-state index in [9.17, 15) is 10.1 Å². The van der Waals surface area contributed by atoms with Crippen molar-refractivity contribution < 1.29 is 10.2 Å². The molecule has 0 radical (unpaired) electrons. The fourth-order valence-electron chi connectivity index (χ4n) is 1.12. The molecule has 56 valence electrons. The van der Waals surface area contributed by atoms with E-state index in [0.717, 1.165) is 31.3 Å². The summed E-state index contributed by atoms with van der Waals surface area (Å²) in [6, 6.07) is 0. The molecule has 1 aliphatic rings. The second-order valence-electron chi connectivity index (χ2n) is 2.44. The molecular formula is C6H11N2O2+. The Balaban J connectivity index is 2.45. The van der Waals surface area contributed by atoms with Gasteiger partial charge in [-0.05, 0) is 12.8 Å². The van der Waals surface area contributed by atoms with Crippen molar-refractivity contribution in [3.05, 3.63) is 22.0 Å². The molecule has 1 fully saturated rings. The normalized spacial score (nSPS) is 23.0. The molecule has 0 aliphatic carbocycles. The summed E-state index contributed by atoms with van der Waals surface area (Å²) in [5.41, 5.74) is 0.885. The number of nitrogens with two attached hydrogens (primary N) is 1. The third-order valence-electron chi connectivity index (χ3n) is 1.60. The number of hydrogen-bond donors (Lipinski definition) is 1. The minimum absolute atomic E-state index is 0.378. The van der Waals surface area contributed by atoms with Crippen molar-refractivity contribution >= 4 is 0 Å². The van der Waals surface area contributed by atoms with Crippen LogP contribution in [0.4, 0.5) is 0 Å². The van der Waals surface area contributed by atoms with E-state index in [1.165, 1.54) is 6.42 Å². The molecule has 0 spiro atoms. The lowest BCUT2D eigenvalue weighted by Gasteiger charge is -2.07. The molecular weight excluding hydrogens is 132 g/mol. The lowest BCUT2D eigenvalue weighted by Crippen LogP contribution is -2.83. The Morgan fingerprint density at radius 1 is 1.60 bits per heavy atom. The molecule has 4 heteroatoms. The van der Waals surface area contributed by atoms with Crippen LogP contribution in [0.1, 0.15) is 19.3 Å². The van der Waals surface area contributed by atoms with Crippen LogP contribution in [-0.4, -0.2) is 11.5 Å². The highest BCUT2D eigenvalue weighted by molar-refractivity contribution is 4.84. The Labute approximate surface area is 59.1 Å². The predicted molar refractivity (Wildman–Crippen MR) is 35.7 cm³/mol. The van der Waals surface area contributed by atoms with Crippen molar-refractivity contribution in [2.45, 2.75) is 19.3 Å². The molecule has 0 unspecified atom stereocenters. The van der Waals surface area contributed by atoms with Gasteiger partial charge in [0.15, 0.2) is 5.70 Å². The van der Waals surface area contributed by atoms with Crippen molar-refractivity contribution in [1.29, 1.82) is 0 Å². The first-order chi connectivity index (χ1) is 4.79. The number of rotatable bonds is 1. The highest BCUT2D eigenvalue weighted by atomic mass is 16.6. The van der Waals surface area contributed by atoms with E-state index in [4.69, 9.17) is 0 Å². The smallest absolute Gasteiger partial charge is 0.289 e. The standard InChI is InChI=1S/C6H10N2O2/c9-8(10)5-6-3-1-2-4-7-6/h5,7H,1-4H2/p+1/b6-5-. The third kappa shape index (κ3) is 2.14. The largest absolute Gasteiger partial charge is 0.312 e. The number of nitro groups is 1. The maximum absolute atomic E-state index is 9.98. The van der Waals surface area contributed by atoms with Crippen LogP contribution in [0.5, 0.6) is 0 Å². The van der Waals surface area contributed by atoms with Gasteiger partial charge in [-0.2, -0.15) is 0 Å². The molecule has 2 N–H and O–H groups in total. The van der Waals surface area contributed by atoms with Gasteiger partial charge in [-0.25, -0.2) is 0 Å². The van der Waals surface area contributed by atoms with E-state index < -0.39 is 0 Å². The second kappa shape index (κ2) is 3.31. The monoisotopic (exact) mass is 143 g/mol. The fourth-order valence-corrected chi connectivity index (χ4v) is 1.12. The maximum atomic E-state index is 9.98. The summed E-state index contributed by atoms with van der Waals surface area (Å²) in [7, 11) is 0. The quantitative estimate of drug-likeness (QED) is 0.410. The van der Waals surface area contributed by atoms with Gasteiger partial charge >= 0.3 is 0 Å². The fraction of sp³-hybridized carbons (Fsp3) is 0.667. The molecule has 1 rings (SSSR count). The Morgan fingerprint density at radius 3 is 2.90 bits per heavy atom. The lowest BCUT2D eigenvalue weighted by atomic mass is 10.1. The summed E-state index contributed by atoms with van der Waals surface area (Å²) < 4.78 is 0. The van der Waals surface area contributed by atoms with Crippen LogP contribution in [0.2, 0.25) is 0 Å². The number of piperidine rings is 1. The van der Waals surface area contributed by atoms with Gasteiger partial charge in [-0.3, -0.25) is 10.1 Å². The van der Waals surface area contributed by atoms with E-state index in [2.05, 4.69) is 0 Å². The maximum Gasteiger partial charge on any atom is 0.289 e. The van der Waals surface area contributed by atoms with E-state index in [0.29, 0.717) is 0 Å². The first kappa shape index (κ1) is 7.21. The third-order valence-corrected chi connectivity index (χ3v) is 1.60. The van der Waals surface area contributed by atoms with Crippen LogP contribution < -0.4 is 5.32 Å². The van der Waals surface area contributed by atoms with Crippen LogP contribution in [0, 0.1) is 10.1 Å². The molecule has 0 aromatic heterocycles. The minimum Gasteiger partial charge on any atom is -0.312 e. The molecule has 0 amide bonds. The molecule has 1 saturated heterocycles. The van der Waals surface area contributed by atoms with Gasteiger partial charge in [0, 0.05) is 6.42 Å². The highest BCUT2D eigenvalue weighted by Crippen LogP contribution is 2.03. The zero-order valence-corrected chi connectivity index (χ0v) is 5.75. The van der Waals surface area contributed by atoms with Gasteiger partial charge in [0.05, 0.1) is 11.5 Å². The van der Waals surface area contributed by atoms with Gasteiger partial charge in [0.25, 0.3) is 6.20 Å². The summed E-state index contributed by atoms with van der Waals surface area (Å²) in [4.78, 5) is 9.60. The number of quaternary nitrogens is 1. The summed E-state index contributed by atoms with van der Waals surface area (Å²) in [6.07, 6.45) is 4.26. The highest BCUT2D eigenvalue weighted by Gasteiger charge is 2.11.